The number of hydrogen-bond donors (Lipinski definition) is 0. The summed E-state index contributed by atoms with van der Waals surface area (Å²) >= 11 is 0. The van der Waals surface area contributed by atoms with Crippen molar-refractivity contribution in [1.82, 2.24) is 0 Å². The van der Waals surface area contributed by atoms with Crippen LogP contribution in [0.15, 0.2) is 30.9 Å². The van der Waals surface area contributed by atoms with Crippen LogP contribution < -0.4 is 29.6 Å². The van der Waals surface area contributed by atoms with Gasteiger partial charge in [0.2, 0.25) is 0 Å². The zero-order chi connectivity index (χ0) is 6.41. The van der Waals surface area contributed by atoms with E-state index in [-0.39, 0.29) is 29.6 Å². The SMILES string of the molecule is C=C[C-]=C(C=C)CC.[Na+]. The van der Waals surface area contributed by atoms with Gasteiger partial charge in [0.15, 0.2) is 0 Å². The summed E-state index contributed by atoms with van der Waals surface area (Å²) in [7, 11) is 0. The second-order valence-corrected chi connectivity index (χ2v) is 1.43. The smallest absolute Gasteiger partial charge is 0.194 e. The van der Waals surface area contributed by atoms with Gasteiger partial charge in [0.05, 0.1) is 0 Å². The van der Waals surface area contributed by atoms with E-state index in [1.54, 1.807) is 12.2 Å². The normalized spacial score (nSPS) is 9.67. The maximum Gasteiger partial charge on any atom is 1.00 e. The summed E-state index contributed by atoms with van der Waals surface area (Å²) in [5, 5.41) is 0. The fourth-order valence-electron chi connectivity index (χ4n) is 0.436. The Morgan fingerprint density at radius 1 is 1.56 bits per heavy atom. The molecule has 0 amide bonds. The van der Waals surface area contributed by atoms with Crippen molar-refractivity contribution in [2.75, 3.05) is 0 Å². The van der Waals surface area contributed by atoms with Gasteiger partial charge in [0.1, 0.15) is 0 Å². The minimum Gasteiger partial charge on any atom is -0.194 e. The van der Waals surface area contributed by atoms with E-state index >= 15 is 0 Å². The summed E-state index contributed by atoms with van der Waals surface area (Å²) in [5.74, 6) is 0. The van der Waals surface area contributed by atoms with Crippen LogP contribution in [-0.4, -0.2) is 0 Å². The topological polar surface area (TPSA) is 0 Å². The molecule has 0 bridgehead atoms. The van der Waals surface area contributed by atoms with Crippen LogP contribution in [-0.2, 0) is 0 Å². The molecule has 0 fully saturated rings. The molecule has 0 unspecified atom stereocenters. The minimum atomic E-state index is 0. The molecule has 0 spiro atoms. The fraction of sp³-hybridized carbons (Fsp3) is 0.250. The van der Waals surface area contributed by atoms with Crippen molar-refractivity contribution >= 4 is 0 Å². The molecule has 44 valence electrons. The summed E-state index contributed by atoms with van der Waals surface area (Å²) in [5.41, 5.74) is 1.11. The minimum absolute atomic E-state index is 0. The van der Waals surface area contributed by atoms with Crippen LogP contribution in [0.5, 0.6) is 0 Å². The molecule has 0 aromatic rings. The third kappa shape index (κ3) is 6.10. The Labute approximate surface area is 79.6 Å². The zero-order valence-electron chi connectivity index (χ0n) is 6.28. The monoisotopic (exact) mass is 130 g/mol. The molecule has 0 saturated carbocycles. The van der Waals surface area contributed by atoms with E-state index in [0.29, 0.717) is 0 Å². The Morgan fingerprint density at radius 3 is 2.22 bits per heavy atom. The van der Waals surface area contributed by atoms with E-state index in [1.165, 1.54) is 0 Å². The Morgan fingerprint density at radius 2 is 2.11 bits per heavy atom. The second-order valence-electron chi connectivity index (χ2n) is 1.43. The van der Waals surface area contributed by atoms with E-state index in [1.807, 2.05) is 0 Å². The average molecular weight is 130 g/mol. The third-order valence-corrected chi connectivity index (χ3v) is 0.915. The molecule has 1 heteroatoms. The van der Waals surface area contributed by atoms with Gasteiger partial charge < -0.3 is 0 Å². The van der Waals surface area contributed by atoms with Crippen molar-refractivity contribution in [3.8, 4) is 0 Å². The molecule has 0 aliphatic heterocycles. The first-order valence-electron chi connectivity index (χ1n) is 2.70. The summed E-state index contributed by atoms with van der Waals surface area (Å²) in [6.45, 7) is 9.18. The van der Waals surface area contributed by atoms with Crippen molar-refractivity contribution in [1.29, 1.82) is 0 Å². The average Bonchev–Trinajstić information content (AvgIpc) is 1.83. The van der Waals surface area contributed by atoms with E-state index in [0.717, 1.165) is 12.0 Å². The summed E-state index contributed by atoms with van der Waals surface area (Å²) in [6.07, 6.45) is 7.37. The van der Waals surface area contributed by atoms with Crippen LogP contribution >= 0.6 is 0 Å². The molecular formula is C8H11Na. The van der Waals surface area contributed by atoms with Crippen molar-refractivity contribution in [3.63, 3.8) is 0 Å². The van der Waals surface area contributed by atoms with Crippen LogP contribution in [0.3, 0.4) is 0 Å². The summed E-state index contributed by atoms with van der Waals surface area (Å²) in [4.78, 5) is 0. The van der Waals surface area contributed by atoms with Crippen LogP contribution in [0.4, 0.5) is 0 Å². The van der Waals surface area contributed by atoms with Gasteiger partial charge in [-0.3, -0.25) is 0 Å². The molecule has 0 aromatic carbocycles. The first-order valence-corrected chi connectivity index (χ1v) is 2.70. The molecule has 0 heterocycles. The van der Waals surface area contributed by atoms with Gasteiger partial charge in [0, 0.05) is 0 Å². The van der Waals surface area contributed by atoms with Crippen molar-refractivity contribution in [2.24, 2.45) is 0 Å². The molecule has 0 aromatic heterocycles. The van der Waals surface area contributed by atoms with Gasteiger partial charge in [-0.15, -0.1) is 0 Å². The molecule has 0 aliphatic carbocycles. The molecular weight excluding hydrogens is 119 g/mol. The molecule has 0 radical (unpaired) electrons. The third-order valence-electron chi connectivity index (χ3n) is 0.915. The Balaban J connectivity index is 0. The van der Waals surface area contributed by atoms with Gasteiger partial charge in [-0.2, -0.15) is 37.0 Å². The standard InChI is InChI=1S/C8H11.Na/c1-4-7-8(5-2)6-3;/h4-5H,1-2,6H2,3H3;/q-1;+1. The summed E-state index contributed by atoms with van der Waals surface area (Å²) in [6, 6.07) is 0. The fourth-order valence-corrected chi connectivity index (χ4v) is 0.436. The predicted octanol–water partition coefficient (Wildman–Crippen LogP) is -0.498. The van der Waals surface area contributed by atoms with Crippen LogP contribution in [0.1, 0.15) is 13.3 Å². The molecule has 0 N–H and O–H groups in total. The van der Waals surface area contributed by atoms with Crippen LogP contribution in [0.2, 0.25) is 0 Å². The van der Waals surface area contributed by atoms with Gasteiger partial charge in [0.25, 0.3) is 0 Å². The largest absolute Gasteiger partial charge is 1.00 e. The molecule has 0 nitrogen and oxygen atoms in total. The quantitative estimate of drug-likeness (QED) is 0.274. The maximum absolute atomic E-state index is 3.60. The Bertz CT molecular complexity index is 112. The van der Waals surface area contributed by atoms with Crippen LogP contribution in [0, 0.1) is 6.08 Å². The van der Waals surface area contributed by atoms with E-state index in [2.05, 4.69) is 26.2 Å². The summed E-state index contributed by atoms with van der Waals surface area (Å²) < 4.78 is 0. The molecule has 9 heavy (non-hydrogen) atoms. The van der Waals surface area contributed by atoms with E-state index in [4.69, 9.17) is 0 Å². The van der Waals surface area contributed by atoms with E-state index < -0.39 is 0 Å². The number of hydrogen-bond acceptors (Lipinski definition) is 0. The maximum atomic E-state index is 3.60. The zero-order valence-corrected chi connectivity index (χ0v) is 8.28. The van der Waals surface area contributed by atoms with Gasteiger partial charge in [-0.05, 0) is 0 Å². The van der Waals surface area contributed by atoms with Gasteiger partial charge >= 0.3 is 29.6 Å². The van der Waals surface area contributed by atoms with Crippen molar-refractivity contribution < 1.29 is 29.6 Å². The molecule has 0 rings (SSSR count). The van der Waals surface area contributed by atoms with E-state index in [9.17, 15) is 0 Å². The van der Waals surface area contributed by atoms with Crippen molar-refractivity contribution in [3.05, 3.63) is 37.0 Å². The predicted molar refractivity (Wildman–Crippen MR) is 37.4 cm³/mol. The Kier molecular flexibility index (Phi) is 10.9. The second kappa shape index (κ2) is 8.22. The first kappa shape index (κ1) is 12.0. The first-order chi connectivity index (χ1) is 3.85. The number of allylic oxidation sites excluding steroid dienone is 4. The van der Waals surface area contributed by atoms with Gasteiger partial charge in [-0.25, -0.2) is 0 Å². The Hall–Kier alpha value is 0.220. The van der Waals surface area contributed by atoms with Gasteiger partial charge in [-0.1, -0.05) is 13.3 Å². The number of rotatable bonds is 3. The molecule has 0 saturated heterocycles. The van der Waals surface area contributed by atoms with Crippen molar-refractivity contribution in [2.45, 2.75) is 13.3 Å². The van der Waals surface area contributed by atoms with Crippen LogP contribution in [0.25, 0.3) is 0 Å². The molecule has 0 atom stereocenters. The molecule has 0 aliphatic rings.